The molecule has 1 heterocycles. The average molecular weight is 277 g/mol. The number of benzene rings is 1. The number of rotatable bonds is 4. The second-order valence-corrected chi connectivity index (χ2v) is 5.01. The largest absolute Gasteiger partial charge is 0.481 e. The second kappa shape index (κ2) is 5.81. The number of urea groups is 1. The van der Waals surface area contributed by atoms with Gasteiger partial charge in [0.25, 0.3) is 0 Å². The summed E-state index contributed by atoms with van der Waals surface area (Å²) in [5, 5.41) is 11.4. The third kappa shape index (κ3) is 3.20. The molecule has 1 aromatic rings. The van der Waals surface area contributed by atoms with E-state index in [2.05, 4.69) is 10.2 Å². The Morgan fingerprint density at radius 2 is 2.20 bits per heavy atom. The van der Waals surface area contributed by atoms with E-state index in [0.717, 1.165) is 24.3 Å². The molecule has 0 fully saturated rings. The Hall–Kier alpha value is -2.24. The summed E-state index contributed by atoms with van der Waals surface area (Å²) < 4.78 is 0. The molecule has 2 N–H and O–H groups in total. The van der Waals surface area contributed by atoms with E-state index < -0.39 is 5.97 Å². The number of carboxylic acid groups (broad SMARTS) is 1. The molecule has 6 nitrogen and oxygen atoms in total. The van der Waals surface area contributed by atoms with Crippen LogP contribution >= 0.6 is 0 Å². The van der Waals surface area contributed by atoms with Crippen molar-refractivity contribution in [2.45, 2.75) is 12.8 Å². The number of amides is 2. The van der Waals surface area contributed by atoms with E-state index in [1.165, 1.54) is 10.5 Å². The summed E-state index contributed by atoms with van der Waals surface area (Å²) in [6.07, 6.45) is 0.968. The lowest BCUT2D eigenvalue weighted by atomic mass is 10.1. The van der Waals surface area contributed by atoms with E-state index in [9.17, 15) is 9.59 Å². The Kier molecular flexibility index (Phi) is 4.12. The molecular formula is C14H19N3O3. The van der Waals surface area contributed by atoms with Crippen LogP contribution in [-0.4, -0.2) is 49.2 Å². The van der Waals surface area contributed by atoms with Gasteiger partial charge in [0.15, 0.2) is 0 Å². The molecule has 0 bridgehead atoms. The lowest BCUT2D eigenvalue weighted by Gasteiger charge is -2.18. The summed E-state index contributed by atoms with van der Waals surface area (Å²) >= 11 is 0. The Bertz CT molecular complexity index is 530. The Morgan fingerprint density at radius 1 is 1.45 bits per heavy atom. The van der Waals surface area contributed by atoms with Gasteiger partial charge in [-0.25, -0.2) is 4.79 Å². The van der Waals surface area contributed by atoms with Crippen LogP contribution in [0.5, 0.6) is 0 Å². The molecule has 108 valence electrons. The first-order valence-corrected chi connectivity index (χ1v) is 6.55. The third-order valence-corrected chi connectivity index (χ3v) is 3.47. The van der Waals surface area contributed by atoms with Gasteiger partial charge >= 0.3 is 12.0 Å². The van der Waals surface area contributed by atoms with Crippen molar-refractivity contribution >= 4 is 23.4 Å². The number of nitrogens with one attached hydrogen (secondary N) is 1. The molecule has 0 saturated heterocycles. The number of carbonyl (C=O) groups is 2. The molecule has 20 heavy (non-hydrogen) atoms. The molecule has 1 aliphatic heterocycles. The van der Waals surface area contributed by atoms with E-state index in [0.29, 0.717) is 0 Å². The molecule has 0 aliphatic carbocycles. The smallest absolute Gasteiger partial charge is 0.321 e. The first-order valence-electron chi connectivity index (χ1n) is 6.55. The van der Waals surface area contributed by atoms with Crippen LogP contribution in [0.4, 0.5) is 16.2 Å². The molecule has 0 aromatic heterocycles. The first kappa shape index (κ1) is 14.2. The summed E-state index contributed by atoms with van der Waals surface area (Å²) in [5.74, 6) is -0.913. The predicted octanol–water partition coefficient (Wildman–Crippen LogP) is 1.62. The summed E-state index contributed by atoms with van der Waals surface area (Å²) in [7, 11) is 3.61. The third-order valence-electron chi connectivity index (χ3n) is 3.47. The fourth-order valence-corrected chi connectivity index (χ4v) is 2.20. The standard InChI is InChI=1S/C14H19N3O3/c1-16-7-5-10-3-4-11(9-12(10)16)15-14(20)17(2)8-6-13(18)19/h3-4,9H,5-8H2,1-2H3,(H,15,20)(H,18,19). The minimum atomic E-state index is -0.913. The number of anilines is 2. The molecular weight excluding hydrogens is 258 g/mol. The van der Waals surface area contributed by atoms with Gasteiger partial charge in [-0.05, 0) is 24.1 Å². The van der Waals surface area contributed by atoms with Crippen molar-refractivity contribution in [3.05, 3.63) is 23.8 Å². The number of fused-ring (bicyclic) bond motifs is 1. The first-order chi connectivity index (χ1) is 9.47. The zero-order valence-corrected chi connectivity index (χ0v) is 11.7. The topological polar surface area (TPSA) is 72.9 Å². The molecule has 0 unspecified atom stereocenters. The molecule has 0 spiro atoms. The summed E-state index contributed by atoms with van der Waals surface area (Å²) in [6, 6.07) is 5.55. The lowest BCUT2D eigenvalue weighted by Crippen LogP contribution is -2.33. The van der Waals surface area contributed by atoms with E-state index in [4.69, 9.17) is 5.11 Å². The van der Waals surface area contributed by atoms with Crippen LogP contribution in [0, 0.1) is 0 Å². The summed E-state index contributed by atoms with van der Waals surface area (Å²) in [5.41, 5.74) is 3.14. The number of likely N-dealkylation sites (N-methyl/N-ethyl adjacent to an activating group) is 1. The molecule has 0 atom stereocenters. The van der Waals surface area contributed by atoms with Gasteiger partial charge in [-0.1, -0.05) is 6.07 Å². The van der Waals surface area contributed by atoms with Crippen LogP contribution in [0.3, 0.4) is 0 Å². The van der Waals surface area contributed by atoms with Crippen molar-refractivity contribution in [3.8, 4) is 0 Å². The van der Waals surface area contributed by atoms with Gasteiger partial charge in [0.05, 0.1) is 6.42 Å². The SMILES string of the molecule is CN(CCC(=O)O)C(=O)Nc1ccc2c(c1)N(C)CC2. The van der Waals surface area contributed by atoms with Crippen molar-refractivity contribution in [2.24, 2.45) is 0 Å². The summed E-state index contributed by atoms with van der Waals surface area (Å²) in [6.45, 7) is 1.18. The number of aliphatic carboxylic acids is 1. The van der Waals surface area contributed by atoms with Crippen molar-refractivity contribution in [2.75, 3.05) is 37.4 Å². The van der Waals surface area contributed by atoms with Crippen LogP contribution < -0.4 is 10.2 Å². The molecule has 2 rings (SSSR count). The van der Waals surface area contributed by atoms with Gasteiger partial charge in [-0.3, -0.25) is 4.79 Å². The van der Waals surface area contributed by atoms with Gasteiger partial charge < -0.3 is 20.2 Å². The number of hydrogen-bond acceptors (Lipinski definition) is 3. The van der Waals surface area contributed by atoms with E-state index in [1.54, 1.807) is 7.05 Å². The molecule has 0 saturated carbocycles. The maximum Gasteiger partial charge on any atom is 0.321 e. The second-order valence-electron chi connectivity index (χ2n) is 5.01. The van der Waals surface area contributed by atoms with Crippen LogP contribution in [0.15, 0.2) is 18.2 Å². The van der Waals surface area contributed by atoms with Crippen LogP contribution in [0.25, 0.3) is 0 Å². The molecule has 6 heteroatoms. The number of carboxylic acids is 1. The summed E-state index contributed by atoms with van der Waals surface area (Å²) in [4.78, 5) is 25.9. The Labute approximate surface area is 118 Å². The molecule has 1 aliphatic rings. The molecule has 1 aromatic carbocycles. The van der Waals surface area contributed by atoms with Crippen molar-refractivity contribution in [1.29, 1.82) is 0 Å². The molecule has 0 radical (unpaired) electrons. The number of nitrogens with zero attached hydrogens (tertiary/aromatic N) is 2. The quantitative estimate of drug-likeness (QED) is 0.877. The fraction of sp³-hybridized carbons (Fsp3) is 0.429. The van der Waals surface area contributed by atoms with E-state index >= 15 is 0 Å². The molecule has 2 amide bonds. The highest BCUT2D eigenvalue weighted by Gasteiger charge is 2.17. The van der Waals surface area contributed by atoms with Crippen molar-refractivity contribution < 1.29 is 14.7 Å². The minimum absolute atomic E-state index is 0.0587. The minimum Gasteiger partial charge on any atom is -0.481 e. The number of carbonyl (C=O) groups excluding carboxylic acids is 1. The van der Waals surface area contributed by atoms with Crippen LogP contribution in [0.2, 0.25) is 0 Å². The predicted molar refractivity (Wildman–Crippen MR) is 77.3 cm³/mol. The van der Waals surface area contributed by atoms with Gasteiger partial charge in [-0.15, -0.1) is 0 Å². The van der Waals surface area contributed by atoms with Crippen molar-refractivity contribution in [3.63, 3.8) is 0 Å². The van der Waals surface area contributed by atoms with E-state index in [-0.39, 0.29) is 19.0 Å². The Balaban J connectivity index is 1.98. The van der Waals surface area contributed by atoms with Crippen LogP contribution in [-0.2, 0) is 11.2 Å². The van der Waals surface area contributed by atoms with Gasteiger partial charge in [-0.2, -0.15) is 0 Å². The highest BCUT2D eigenvalue weighted by Crippen LogP contribution is 2.29. The fourth-order valence-electron chi connectivity index (χ4n) is 2.20. The maximum atomic E-state index is 11.9. The zero-order valence-electron chi connectivity index (χ0n) is 11.7. The highest BCUT2D eigenvalue weighted by molar-refractivity contribution is 5.90. The van der Waals surface area contributed by atoms with Crippen LogP contribution in [0.1, 0.15) is 12.0 Å². The highest BCUT2D eigenvalue weighted by atomic mass is 16.4. The van der Waals surface area contributed by atoms with Gasteiger partial charge in [0, 0.05) is 38.6 Å². The zero-order chi connectivity index (χ0) is 14.7. The normalized spacial score (nSPS) is 13.0. The number of hydrogen-bond donors (Lipinski definition) is 2. The van der Waals surface area contributed by atoms with Gasteiger partial charge in [0.2, 0.25) is 0 Å². The van der Waals surface area contributed by atoms with Crippen molar-refractivity contribution in [1.82, 2.24) is 4.90 Å². The lowest BCUT2D eigenvalue weighted by molar-refractivity contribution is -0.137. The average Bonchev–Trinajstić information content (AvgIpc) is 2.77. The Morgan fingerprint density at radius 3 is 2.90 bits per heavy atom. The van der Waals surface area contributed by atoms with Gasteiger partial charge in [0.1, 0.15) is 0 Å². The maximum absolute atomic E-state index is 11.9. The van der Waals surface area contributed by atoms with E-state index in [1.807, 2.05) is 25.2 Å². The monoisotopic (exact) mass is 277 g/mol.